The second-order valence-electron chi connectivity index (χ2n) is 7.52. The van der Waals surface area contributed by atoms with Crippen molar-refractivity contribution in [1.29, 1.82) is 0 Å². The molecule has 1 unspecified atom stereocenters. The van der Waals surface area contributed by atoms with Crippen molar-refractivity contribution >= 4 is 15.9 Å². The molecule has 1 aliphatic heterocycles. The van der Waals surface area contributed by atoms with E-state index < -0.39 is 10.0 Å². The molecule has 0 aromatic heterocycles. The molecule has 33 heavy (non-hydrogen) atoms. The van der Waals surface area contributed by atoms with Crippen molar-refractivity contribution in [3.05, 3.63) is 83.4 Å². The second-order valence-corrected chi connectivity index (χ2v) is 9.08. The average Bonchev–Trinajstić information content (AvgIpc) is 2.82. The van der Waals surface area contributed by atoms with Crippen LogP contribution in [0.3, 0.4) is 0 Å². The molecule has 3 aromatic rings. The van der Waals surface area contributed by atoms with Crippen LogP contribution in [-0.2, 0) is 16.6 Å². The number of nitrogens with one attached hydrogen (secondary N) is 1. The summed E-state index contributed by atoms with van der Waals surface area (Å²) in [5, 5.41) is 7.95. The van der Waals surface area contributed by atoms with Crippen LogP contribution in [-0.4, -0.2) is 28.0 Å². The third kappa shape index (κ3) is 5.27. The van der Waals surface area contributed by atoms with Crippen LogP contribution in [0.15, 0.2) is 71.6 Å². The number of carbonyl (C=O) groups is 1. The highest BCUT2D eigenvalue weighted by molar-refractivity contribution is 7.89. The maximum Gasteiger partial charge on any atom is 0.251 e. The first kappa shape index (κ1) is 22.6. The molecule has 0 aliphatic carbocycles. The van der Waals surface area contributed by atoms with Crippen LogP contribution in [0.4, 0.5) is 0 Å². The average molecular weight is 469 g/mol. The minimum Gasteiger partial charge on any atom is -0.493 e. The first-order valence-corrected chi connectivity index (χ1v) is 11.9. The van der Waals surface area contributed by atoms with Crippen molar-refractivity contribution in [2.45, 2.75) is 24.0 Å². The molecule has 1 amide bonds. The van der Waals surface area contributed by atoms with Gasteiger partial charge in [0.1, 0.15) is 11.9 Å². The Kier molecular flexibility index (Phi) is 6.52. The van der Waals surface area contributed by atoms with E-state index in [4.69, 9.17) is 19.3 Å². The quantitative estimate of drug-likeness (QED) is 0.550. The van der Waals surface area contributed by atoms with E-state index in [-0.39, 0.29) is 23.5 Å². The number of ether oxygens (including phenoxy) is 3. The highest BCUT2D eigenvalue weighted by Gasteiger charge is 2.25. The van der Waals surface area contributed by atoms with E-state index in [0.29, 0.717) is 35.8 Å². The number of nitrogens with two attached hydrogens (primary N) is 1. The van der Waals surface area contributed by atoms with Gasteiger partial charge in [0, 0.05) is 24.1 Å². The van der Waals surface area contributed by atoms with Crippen molar-refractivity contribution in [3.63, 3.8) is 0 Å². The van der Waals surface area contributed by atoms with Gasteiger partial charge in [0.05, 0.1) is 18.6 Å². The van der Waals surface area contributed by atoms with E-state index >= 15 is 0 Å². The minimum atomic E-state index is -3.75. The number of primary sulfonamides is 1. The summed E-state index contributed by atoms with van der Waals surface area (Å²) in [6.07, 6.45) is 0.343. The molecule has 4 rings (SSSR count). The topological polar surface area (TPSA) is 117 Å². The normalized spacial score (nSPS) is 15.2. The predicted octanol–water partition coefficient (Wildman–Crippen LogP) is 3.18. The molecule has 0 bridgehead atoms. The molecule has 8 nitrogen and oxygen atoms in total. The molecule has 0 radical (unpaired) electrons. The van der Waals surface area contributed by atoms with Crippen molar-refractivity contribution in [1.82, 2.24) is 5.32 Å². The first-order chi connectivity index (χ1) is 15.8. The van der Waals surface area contributed by atoms with E-state index in [1.807, 2.05) is 24.3 Å². The van der Waals surface area contributed by atoms with Crippen LogP contribution in [0.25, 0.3) is 0 Å². The van der Waals surface area contributed by atoms with Gasteiger partial charge in [0.25, 0.3) is 5.91 Å². The van der Waals surface area contributed by atoms with Crippen molar-refractivity contribution in [3.8, 4) is 17.2 Å². The van der Waals surface area contributed by atoms with Gasteiger partial charge in [-0.3, -0.25) is 4.79 Å². The Balaban J connectivity index is 1.48. The Morgan fingerprint density at radius 1 is 1.09 bits per heavy atom. The van der Waals surface area contributed by atoms with Crippen molar-refractivity contribution < 1.29 is 27.4 Å². The summed E-state index contributed by atoms with van der Waals surface area (Å²) in [5.74, 6) is 1.66. The fourth-order valence-corrected chi connectivity index (χ4v) is 4.09. The molecule has 3 N–H and O–H groups in total. The van der Waals surface area contributed by atoms with Gasteiger partial charge in [-0.05, 0) is 48.0 Å². The zero-order chi connectivity index (χ0) is 23.4. The second kappa shape index (κ2) is 9.51. The lowest BCUT2D eigenvalue weighted by molar-refractivity contribution is 0.0949. The third-order valence-electron chi connectivity index (χ3n) is 5.30. The number of amides is 1. The molecule has 9 heteroatoms. The lowest BCUT2D eigenvalue weighted by Crippen LogP contribution is -2.24. The number of para-hydroxylation sites is 2. The molecule has 0 saturated heterocycles. The fourth-order valence-electron chi connectivity index (χ4n) is 3.58. The summed E-state index contributed by atoms with van der Waals surface area (Å²) in [5.41, 5.74) is 2.00. The van der Waals surface area contributed by atoms with E-state index in [9.17, 15) is 13.2 Å². The Morgan fingerprint density at radius 3 is 2.52 bits per heavy atom. The lowest BCUT2D eigenvalue weighted by Gasteiger charge is -2.27. The third-order valence-corrected chi connectivity index (χ3v) is 6.23. The van der Waals surface area contributed by atoms with Crippen LogP contribution in [0.1, 0.15) is 34.0 Å². The highest BCUT2D eigenvalue weighted by Crippen LogP contribution is 2.38. The first-order valence-electron chi connectivity index (χ1n) is 10.3. The van der Waals surface area contributed by atoms with Crippen LogP contribution >= 0.6 is 0 Å². The summed E-state index contributed by atoms with van der Waals surface area (Å²) in [6, 6.07) is 18.7. The maximum absolute atomic E-state index is 12.8. The van der Waals surface area contributed by atoms with Crippen LogP contribution < -0.4 is 24.7 Å². The van der Waals surface area contributed by atoms with E-state index in [1.54, 1.807) is 37.4 Å². The number of hydrogen-bond acceptors (Lipinski definition) is 6. The number of benzene rings is 3. The molecule has 1 heterocycles. The lowest BCUT2D eigenvalue weighted by atomic mass is 10.00. The SMILES string of the molecule is COc1ccccc1OC1CCOc2ccc(C(=O)NCc3ccc(S(N)(=O)=O)cc3)cc21. The molecule has 1 atom stereocenters. The maximum atomic E-state index is 12.8. The molecule has 3 aromatic carbocycles. The van der Waals surface area contributed by atoms with Crippen molar-refractivity contribution in [2.75, 3.05) is 13.7 Å². The van der Waals surface area contributed by atoms with Gasteiger partial charge in [-0.25, -0.2) is 13.6 Å². The Morgan fingerprint density at radius 2 is 1.82 bits per heavy atom. The monoisotopic (exact) mass is 468 g/mol. The summed E-state index contributed by atoms with van der Waals surface area (Å²) in [7, 11) is -2.17. The van der Waals surface area contributed by atoms with Gasteiger partial charge in [-0.2, -0.15) is 0 Å². The Hall–Kier alpha value is -3.56. The number of hydrogen-bond donors (Lipinski definition) is 2. The molecular weight excluding hydrogens is 444 g/mol. The predicted molar refractivity (Wildman–Crippen MR) is 122 cm³/mol. The van der Waals surface area contributed by atoms with E-state index in [0.717, 1.165) is 11.1 Å². The largest absolute Gasteiger partial charge is 0.493 e. The zero-order valence-corrected chi connectivity index (χ0v) is 18.8. The van der Waals surface area contributed by atoms with Crippen LogP contribution in [0, 0.1) is 0 Å². The van der Waals surface area contributed by atoms with Gasteiger partial charge < -0.3 is 19.5 Å². The molecule has 0 fully saturated rings. The van der Waals surface area contributed by atoms with Gasteiger partial charge in [-0.1, -0.05) is 24.3 Å². The van der Waals surface area contributed by atoms with E-state index in [1.165, 1.54) is 12.1 Å². The molecule has 0 spiro atoms. The molecule has 0 saturated carbocycles. The van der Waals surface area contributed by atoms with Crippen LogP contribution in [0.5, 0.6) is 17.2 Å². The van der Waals surface area contributed by atoms with Gasteiger partial charge in [-0.15, -0.1) is 0 Å². The summed E-state index contributed by atoms with van der Waals surface area (Å²) >= 11 is 0. The summed E-state index contributed by atoms with van der Waals surface area (Å²) in [6.45, 7) is 0.741. The van der Waals surface area contributed by atoms with E-state index in [2.05, 4.69) is 5.32 Å². The Bertz CT molecular complexity index is 1260. The number of fused-ring (bicyclic) bond motifs is 1. The molecule has 172 valence electrons. The summed E-state index contributed by atoms with van der Waals surface area (Å²) < 4.78 is 40.1. The molecule has 1 aliphatic rings. The van der Waals surface area contributed by atoms with Gasteiger partial charge >= 0.3 is 0 Å². The van der Waals surface area contributed by atoms with Gasteiger partial charge in [0.2, 0.25) is 10.0 Å². The highest BCUT2D eigenvalue weighted by atomic mass is 32.2. The zero-order valence-electron chi connectivity index (χ0n) is 18.0. The number of methoxy groups -OCH3 is 1. The fraction of sp³-hybridized carbons (Fsp3) is 0.208. The van der Waals surface area contributed by atoms with Gasteiger partial charge in [0.15, 0.2) is 11.5 Å². The summed E-state index contributed by atoms with van der Waals surface area (Å²) in [4.78, 5) is 12.8. The molecular formula is C24H24N2O6S. The smallest absolute Gasteiger partial charge is 0.251 e. The minimum absolute atomic E-state index is 0.0216. The number of rotatable bonds is 7. The van der Waals surface area contributed by atoms with Crippen molar-refractivity contribution in [2.24, 2.45) is 5.14 Å². The number of sulfonamides is 1. The van der Waals surface area contributed by atoms with Crippen LogP contribution in [0.2, 0.25) is 0 Å². The number of carbonyl (C=O) groups excluding carboxylic acids is 1. The standard InChI is InChI=1S/C24H24N2O6S/c1-30-22-4-2-3-5-23(22)32-21-12-13-31-20-11-8-17(14-19(20)21)24(27)26-15-16-6-9-18(10-7-16)33(25,28)29/h2-11,14,21H,12-13,15H2,1H3,(H,26,27)(H2,25,28,29). The Labute approximate surface area is 192 Å².